The fourth-order valence-electron chi connectivity index (χ4n) is 8.17. The summed E-state index contributed by atoms with van der Waals surface area (Å²) < 4.78 is 0. The Morgan fingerprint density at radius 1 is 1.14 bits per heavy atom. The van der Waals surface area contributed by atoms with Crippen molar-refractivity contribution in [3.8, 4) is 0 Å². The summed E-state index contributed by atoms with van der Waals surface area (Å²) in [5.41, 5.74) is 3.52. The van der Waals surface area contributed by atoms with Crippen LogP contribution in [0.3, 0.4) is 0 Å². The van der Waals surface area contributed by atoms with Crippen molar-refractivity contribution in [2.75, 3.05) is 0 Å². The standard InChI is InChI=1S/C27H40O2/c1-17(16-18(2)28)26(6)14-11-21-19-8-9-22-24(3,4)23(29)12-13-25(22,5)20(19)10-15-27(21,26)7/h8,11,17,20,22H,9-10,12-16H2,1-7H3. The van der Waals surface area contributed by atoms with Crippen LogP contribution in [0.25, 0.3) is 0 Å². The third-order valence-corrected chi connectivity index (χ3v) is 10.5. The predicted octanol–water partition coefficient (Wildman–Crippen LogP) is 6.70. The smallest absolute Gasteiger partial charge is 0.138 e. The van der Waals surface area contributed by atoms with Crippen LogP contribution in [0.5, 0.6) is 0 Å². The minimum absolute atomic E-state index is 0.152. The summed E-state index contributed by atoms with van der Waals surface area (Å²) in [6.45, 7) is 15.8. The highest BCUT2D eigenvalue weighted by Gasteiger charge is 2.61. The fraction of sp³-hybridized carbons (Fsp3) is 0.778. The summed E-state index contributed by atoms with van der Waals surface area (Å²) in [7, 11) is 0. The van der Waals surface area contributed by atoms with Gasteiger partial charge in [-0.1, -0.05) is 53.7 Å². The molecule has 0 saturated heterocycles. The Kier molecular flexibility index (Phi) is 4.66. The van der Waals surface area contributed by atoms with Gasteiger partial charge in [0.15, 0.2) is 0 Å². The van der Waals surface area contributed by atoms with Crippen molar-refractivity contribution in [1.29, 1.82) is 0 Å². The Morgan fingerprint density at radius 2 is 1.83 bits per heavy atom. The quantitative estimate of drug-likeness (QED) is 0.532. The van der Waals surface area contributed by atoms with Crippen LogP contribution in [-0.2, 0) is 9.59 Å². The molecule has 2 fully saturated rings. The minimum Gasteiger partial charge on any atom is -0.300 e. The molecular weight excluding hydrogens is 356 g/mol. The first-order chi connectivity index (χ1) is 13.4. The van der Waals surface area contributed by atoms with Gasteiger partial charge in [-0.15, -0.1) is 0 Å². The van der Waals surface area contributed by atoms with Gasteiger partial charge in [0.2, 0.25) is 0 Å². The third kappa shape index (κ3) is 2.66. The van der Waals surface area contributed by atoms with Crippen LogP contribution in [0.1, 0.15) is 93.4 Å². The summed E-state index contributed by atoms with van der Waals surface area (Å²) in [4.78, 5) is 24.6. The zero-order chi connectivity index (χ0) is 21.4. The maximum atomic E-state index is 12.7. The molecule has 0 aromatic rings. The third-order valence-electron chi connectivity index (χ3n) is 10.5. The van der Waals surface area contributed by atoms with Crippen LogP contribution < -0.4 is 0 Å². The van der Waals surface area contributed by atoms with Crippen LogP contribution in [0, 0.1) is 39.4 Å². The maximum absolute atomic E-state index is 12.7. The first kappa shape index (κ1) is 21.1. The number of carbonyl (C=O) groups excluding carboxylic acids is 2. The highest BCUT2D eigenvalue weighted by molar-refractivity contribution is 5.85. The van der Waals surface area contributed by atoms with E-state index in [9.17, 15) is 9.59 Å². The lowest BCUT2D eigenvalue weighted by molar-refractivity contribution is -0.144. The lowest BCUT2D eigenvalue weighted by Crippen LogP contribution is -2.55. The highest BCUT2D eigenvalue weighted by Crippen LogP contribution is 2.69. The summed E-state index contributed by atoms with van der Waals surface area (Å²) in [6.07, 6.45) is 12.1. The molecule has 0 heterocycles. The monoisotopic (exact) mass is 396 g/mol. The first-order valence-corrected chi connectivity index (χ1v) is 11.8. The average Bonchev–Trinajstić information content (AvgIpc) is 2.91. The number of Topliss-reactive ketones (excluding diaryl/α,β-unsaturated/α-hetero) is 2. The van der Waals surface area contributed by atoms with Crippen molar-refractivity contribution in [1.82, 2.24) is 0 Å². The Bertz CT molecular complexity index is 814. The van der Waals surface area contributed by atoms with Gasteiger partial charge in [-0.3, -0.25) is 4.79 Å². The molecule has 4 aliphatic carbocycles. The van der Waals surface area contributed by atoms with Crippen molar-refractivity contribution in [3.05, 3.63) is 23.3 Å². The van der Waals surface area contributed by atoms with E-state index in [1.54, 1.807) is 18.1 Å². The fourth-order valence-corrected chi connectivity index (χ4v) is 8.17. The van der Waals surface area contributed by atoms with Gasteiger partial charge in [0.05, 0.1) is 0 Å². The van der Waals surface area contributed by atoms with E-state index in [2.05, 4.69) is 53.7 Å². The van der Waals surface area contributed by atoms with Crippen molar-refractivity contribution in [2.45, 2.75) is 93.4 Å². The van der Waals surface area contributed by atoms with E-state index in [0.717, 1.165) is 25.7 Å². The van der Waals surface area contributed by atoms with Gasteiger partial charge >= 0.3 is 0 Å². The van der Waals surface area contributed by atoms with E-state index >= 15 is 0 Å². The molecule has 2 nitrogen and oxygen atoms in total. The average molecular weight is 397 g/mol. The normalized spacial score (nSPS) is 44.2. The van der Waals surface area contributed by atoms with E-state index in [1.807, 2.05) is 0 Å². The number of ketones is 2. The van der Waals surface area contributed by atoms with Crippen LogP contribution in [0.2, 0.25) is 0 Å². The molecule has 0 aromatic carbocycles. The van der Waals surface area contributed by atoms with Gasteiger partial charge in [0.1, 0.15) is 11.6 Å². The lowest BCUT2D eigenvalue weighted by Gasteiger charge is -2.60. The Balaban J connectivity index is 1.71. The van der Waals surface area contributed by atoms with Crippen molar-refractivity contribution in [3.63, 3.8) is 0 Å². The molecule has 2 heteroatoms. The van der Waals surface area contributed by atoms with E-state index in [1.165, 1.54) is 12.8 Å². The van der Waals surface area contributed by atoms with Crippen molar-refractivity contribution in [2.24, 2.45) is 39.4 Å². The summed E-state index contributed by atoms with van der Waals surface area (Å²) in [6, 6.07) is 0. The maximum Gasteiger partial charge on any atom is 0.138 e. The van der Waals surface area contributed by atoms with Crippen molar-refractivity contribution < 1.29 is 9.59 Å². The van der Waals surface area contributed by atoms with E-state index < -0.39 is 0 Å². The van der Waals surface area contributed by atoms with Gasteiger partial charge in [-0.2, -0.15) is 0 Å². The van der Waals surface area contributed by atoms with E-state index in [0.29, 0.717) is 35.7 Å². The Morgan fingerprint density at radius 3 is 2.48 bits per heavy atom. The molecule has 0 N–H and O–H groups in total. The highest BCUT2D eigenvalue weighted by atomic mass is 16.1. The number of carbonyl (C=O) groups is 2. The van der Waals surface area contributed by atoms with E-state index in [4.69, 9.17) is 0 Å². The summed E-state index contributed by atoms with van der Waals surface area (Å²) >= 11 is 0. The van der Waals surface area contributed by atoms with Crippen LogP contribution in [0.4, 0.5) is 0 Å². The molecule has 160 valence electrons. The molecule has 29 heavy (non-hydrogen) atoms. The van der Waals surface area contributed by atoms with Gasteiger partial charge in [-0.05, 0) is 84.2 Å². The molecule has 0 aliphatic heterocycles. The van der Waals surface area contributed by atoms with Gasteiger partial charge in [0, 0.05) is 18.3 Å². The summed E-state index contributed by atoms with van der Waals surface area (Å²) in [5, 5.41) is 0. The molecule has 0 amide bonds. The summed E-state index contributed by atoms with van der Waals surface area (Å²) in [5.74, 6) is 2.21. The second-order valence-corrected chi connectivity index (χ2v) is 12.1. The molecule has 2 saturated carbocycles. The Hall–Kier alpha value is -1.18. The number of fused-ring (bicyclic) bond motifs is 5. The van der Waals surface area contributed by atoms with Crippen LogP contribution in [0.15, 0.2) is 23.3 Å². The molecule has 6 unspecified atom stereocenters. The predicted molar refractivity (Wildman–Crippen MR) is 118 cm³/mol. The van der Waals surface area contributed by atoms with E-state index in [-0.39, 0.29) is 21.7 Å². The van der Waals surface area contributed by atoms with Crippen LogP contribution >= 0.6 is 0 Å². The molecule has 4 aliphatic rings. The molecule has 0 radical (unpaired) electrons. The van der Waals surface area contributed by atoms with Crippen LogP contribution in [-0.4, -0.2) is 11.6 Å². The minimum atomic E-state index is -0.204. The number of hydrogen-bond donors (Lipinski definition) is 0. The van der Waals surface area contributed by atoms with Gasteiger partial charge < -0.3 is 4.79 Å². The molecule has 6 atom stereocenters. The second kappa shape index (κ2) is 6.41. The Labute approximate surface area is 177 Å². The molecule has 0 bridgehead atoms. The molecular formula is C27H40O2. The number of allylic oxidation sites excluding steroid dienone is 4. The molecule has 0 spiro atoms. The largest absolute Gasteiger partial charge is 0.300 e. The van der Waals surface area contributed by atoms with Gasteiger partial charge in [-0.25, -0.2) is 0 Å². The first-order valence-electron chi connectivity index (χ1n) is 11.8. The lowest BCUT2D eigenvalue weighted by atomic mass is 9.43. The number of rotatable bonds is 3. The SMILES string of the molecule is CC(=O)CC(C)C1(C)CC=C2C3=CCC4C(C)(C)C(=O)CCC4(C)C3CCC21C. The second-order valence-electron chi connectivity index (χ2n) is 12.1. The van der Waals surface area contributed by atoms with Crippen molar-refractivity contribution >= 4 is 11.6 Å². The zero-order valence-corrected chi connectivity index (χ0v) is 19.7. The van der Waals surface area contributed by atoms with Gasteiger partial charge in [0.25, 0.3) is 0 Å². The number of hydrogen-bond acceptors (Lipinski definition) is 2. The topological polar surface area (TPSA) is 34.1 Å². The zero-order valence-electron chi connectivity index (χ0n) is 19.7. The molecule has 4 rings (SSSR count). The molecule has 0 aromatic heterocycles.